The van der Waals surface area contributed by atoms with Crippen LogP contribution in [0.5, 0.6) is 5.75 Å². The first-order chi connectivity index (χ1) is 15.0. The van der Waals surface area contributed by atoms with E-state index in [2.05, 4.69) is 16.0 Å². The number of carbonyl (C=O) groups is 1. The Bertz CT molecular complexity index is 1210. The first-order valence-electron chi connectivity index (χ1n) is 10.5. The maximum absolute atomic E-state index is 12.8. The molecular weight excluding hydrogens is 386 g/mol. The minimum Gasteiger partial charge on any atom is -0.491 e. The Labute approximate surface area is 182 Å². The number of aromatic nitrogens is 2. The summed E-state index contributed by atoms with van der Waals surface area (Å²) in [5.74, 6) is 1.60. The van der Waals surface area contributed by atoms with Crippen LogP contribution in [0.3, 0.4) is 0 Å². The van der Waals surface area contributed by atoms with E-state index < -0.39 is 0 Å². The SMILES string of the molecule is Cc1ccccc1OCCn1c(C(C)NC(=O)c2ccccc2C)nc2ccccc21. The van der Waals surface area contributed by atoms with Gasteiger partial charge in [0.25, 0.3) is 5.91 Å². The fraction of sp³-hybridized carbons (Fsp3) is 0.231. The molecule has 1 N–H and O–H groups in total. The van der Waals surface area contributed by atoms with Gasteiger partial charge in [0, 0.05) is 5.56 Å². The number of nitrogens with zero attached hydrogens (tertiary/aromatic N) is 2. The minimum absolute atomic E-state index is 0.0969. The van der Waals surface area contributed by atoms with Crippen LogP contribution in [-0.2, 0) is 6.54 Å². The number of hydrogen-bond donors (Lipinski definition) is 1. The van der Waals surface area contributed by atoms with Gasteiger partial charge in [-0.2, -0.15) is 0 Å². The molecule has 0 aliphatic carbocycles. The zero-order valence-corrected chi connectivity index (χ0v) is 18.1. The second-order valence-corrected chi connectivity index (χ2v) is 7.73. The summed E-state index contributed by atoms with van der Waals surface area (Å²) in [6, 6.07) is 23.4. The van der Waals surface area contributed by atoms with Gasteiger partial charge in [-0.1, -0.05) is 48.5 Å². The van der Waals surface area contributed by atoms with Crippen LogP contribution in [0.1, 0.15) is 40.3 Å². The lowest BCUT2D eigenvalue weighted by molar-refractivity contribution is 0.0937. The van der Waals surface area contributed by atoms with Crippen molar-refractivity contribution in [2.75, 3.05) is 6.61 Å². The highest BCUT2D eigenvalue weighted by atomic mass is 16.5. The Morgan fingerprint density at radius 3 is 2.42 bits per heavy atom. The van der Waals surface area contributed by atoms with Gasteiger partial charge in [0.15, 0.2) is 0 Å². The van der Waals surface area contributed by atoms with Crippen LogP contribution in [0, 0.1) is 13.8 Å². The molecular formula is C26H27N3O2. The normalized spacial score (nSPS) is 12.0. The number of nitrogens with one attached hydrogen (secondary N) is 1. The summed E-state index contributed by atoms with van der Waals surface area (Å²) >= 11 is 0. The van der Waals surface area contributed by atoms with E-state index in [-0.39, 0.29) is 11.9 Å². The van der Waals surface area contributed by atoms with Gasteiger partial charge in [0.05, 0.1) is 23.6 Å². The molecule has 0 spiro atoms. The maximum atomic E-state index is 12.8. The van der Waals surface area contributed by atoms with E-state index >= 15 is 0 Å². The topological polar surface area (TPSA) is 56.1 Å². The molecule has 5 nitrogen and oxygen atoms in total. The summed E-state index contributed by atoms with van der Waals surface area (Å²) in [4.78, 5) is 17.7. The molecule has 0 aliphatic heterocycles. The fourth-order valence-corrected chi connectivity index (χ4v) is 3.79. The number of para-hydroxylation sites is 3. The fourth-order valence-electron chi connectivity index (χ4n) is 3.79. The number of imidazole rings is 1. The third-order valence-corrected chi connectivity index (χ3v) is 5.47. The van der Waals surface area contributed by atoms with Crippen LogP contribution in [-0.4, -0.2) is 22.1 Å². The number of amides is 1. The molecule has 5 heteroatoms. The van der Waals surface area contributed by atoms with Crippen LogP contribution in [0.4, 0.5) is 0 Å². The van der Waals surface area contributed by atoms with E-state index in [4.69, 9.17) is 9.72 Å². The smallest absolute Gasteiger partial charge is 0.252 e. The molecule has 4 rings (SSSR count). The van der Waals surface area contributed by atoms with Gasteiger partial charge in [-0.15, -0.1) is 0 Å². The summed E-state index contributed by atoms with van der Waals surface area (Å²) < 4.78 is 8.16. The van der Waals surface area contributed by atoms with Crippen molar-refractivity contribution in [1.82, 2.24) is 14.9 Å². The Morgan fingerprint density at radius 1 is 0.968 bits per heavy atom. The first-order valence-corrected chi connectivity index (χ1v) is 10.5. The van der Waals surface area contributed by atoms with Crippen molar-refractivity contribution in [3.63, 3.8) is 0 Å². The molecule has 1 aromatic heterocycles. The van der Waals surface area contributed by atoms with Crippen molar-refractivity contribution in [3.8, 4) is 5.75 Å². The summed E-state index contributed by atoms with van der Waals surface area (Å²) in [7, 11) is 0. The summed E-state index contributed by atoms with van der Waals surface area (Å²) in [5.41, 5.74) is 4.68. The highest BCUT2D eigenvalue weighted by Gasteiger charge is 2.19. The number of carbonyl (C=O) groups excluding carboxylic acids is 1. The van der Waals surface area contributed by atoms with Gasteiger partial charge in [0.1, 0.15) is 18.2 Å². The monoisotopic (exact) mass is 413 g/mol. The van der Waals surface area contributed by atoms with Crippen molar-refractivity contribution in [3.05, 3.63) is 95.3 Å². The third kappa shape index (κ3) is 4.45. The summed E-state index contributed by atoms with van der Waals surface area (Å²) in [5, 5.41) is 3.11. The maximum Gasteiger partial charge on any atom is 0.252 e. The van der Waals surface area contributed by atoms with E-state index in [9.17, 15) is 4.79 Å². The number of fused-ring (bicyclic) bond motifs is 1. The number of rotatable bonds is 7. The molecule has 1 heterocycles. The number of benzene rings is 3. The van der Waals surface area contributed by atoms with Gasteiger partial charge >= 0.3 is 0 Å². The quantitative estimate of drug-likeness (QED) is 0.452. The van der Waals surface area contributed by atoms with Gasteiger partial charge in [-0.3, -0.25) is 4.79 Å². The lowest BCUT2D eigenvalue weighted by atomic mass is 10.1. The van der Waals surface area contributed by atoms with Crippen LogP contribution >= 0.6 is 0 Å². The van der Waals surface area contributed by atoms with E-state index in [0.29, 0.717) is 18.7 Å². The molecule has 1 amide bonds. The standard InChI is InChI=1S/C26H27N3O2/c1-18-10-4-6-12-21(18)26(30)27-20(3)25-28-22-13-7-8-14-23(22)29(25)16-17-31-24-15-9-5-11-19(24)2/h4-15,20H,16-17H2,1-3H3,(H,27,30). The lowest BCUT2D eigenvalue weighted by Gasteiger charge is -2.17. The molecule has 1 unspecified atom stereocenters. The molecule has 3 aromatic carbocycles. The average Bonchev–Trinajstić information content (AvgIpc) is 3.14. The van der Waals surface area contributed by atoms with Crippen molar-refractivity contribution in [1.29, 1.82) is 0 Å². The molecule has 0 radical (unpaired) electrons. The van der Waals surface area contributed by atoms with Gasteiger partial charge in [0.2, 0.25) is 0 Å². The summed E-state index contributed by atoms with van der Waals surface area (Å²) in [6.45, 7) is 7.09. The van der Waals surface area contributed by atoms with Gasteiger partial charge in [-0.05, 0) is 56.2 Å². The Hall–Kier alpha value is -3.60. The van der Waals surface area contributed by atoms with E-state index in [0.717, 1.165) is 33.7 Å². The van der Waals surface area contributed by atoms with Crippen LogP contribution in [0.25, 0.3) is 11.0 Å². The number of ether oxygens (including phenoxy) is 1. The Kier molecular flexibility index (Phi) is 6.03. The Balaban J connectivity index is 1.56. The molecule has 0 fully saturated rings. The molecule has 0 saturated heterocycles. The van der Waals surface area contributed by atoms with Crippen molar-refractivity contribution >= 4 is 16.9 Å². The average molecular weight is 414 g/mol. The van der Waals surface area contributed by atoms with Crippen LogP contribution < -0.4 is 10.1 Å². The van der Waals surface area contributed by atoms with Crippen molar-refractivity contribution < 1.29 is 9.53 Å². The molecule has 0 saturated carbocycles. The van der Waals surface area contributed by atoms with Crippen molar-refractivity contribution in [2.24, 2.45) is 0 Å². The zero-order chi connectivity index (χ0) is 21.8. The highest BCUT2D eigenvalue weighted by molar-refractivity contribution is 5.95. The van der Waals surface area contributed by atoms with Crippen molar-refractivity contribution in [2.45, 2.75) is 33.4 Å². The van der Waals surface area contributed by atoms with Gasteiger partial charge < -0.3 is 14.6 Å². The van der Waals surface area contributed by atoms with Crippen LogP contribution in [0.15, 0.2) is 72.8 Å². The molecule has 31 heavy (non-hydrogen) atoms. The van der Waals surface area contributed by atoms with Crippen LogP contribution in [0.2, 0.25) is 0 Å². The van der Waals surface area contributed by atoms with Gasteiger partial charge in [-0.25, -0.2) is 4.98 Å². The predicted octanol–water partition coefficient (Wildman–Crippen LogP) is 5.22. The first kappa shape index (κ1) is 20.7. The second kappa shape index (κ2) is 9.04. The van der Waals surface area contributed by atoms with E-state index in [1.54, 1.807) is 0 Å². The molecule has 0 bridgehead atoms. The molecule has 0 aliphatic rings. The Morgan fingerprint density at radius 2 is 1.65 bits per heavy atom. The number of aryl methyl sites for hydroxylation is 2. The largest absolute Gasteiger partial charge is 0.491 e. The second-order valence-electron chi connectivity index (χ2n) is 7.73. The lowest BCUT2D eigenvalue weighted by Crippen LogP contribution is -2.29. The number of hydrogen-bond acceptors (Lipinski definition) is 3. The predicted molar refractivity (Wildman–Crippen MR) is 123 cm³/mol. The zero-order valence-electron chi connectivity index (χ0n) is 18.1. The molecule has 1 atom stereocenters. The van der Waals surface area contributed by atoms with E-state index in [1.807, 2.05) is 87.5 Å². The summed E-state index contributed by atoms with van der Waals surface area (Å²) in [6.07, 6.45) is 0. The minimum atomic E-state index is -0.252. The highest BCUT2D eigenvalue weighted by Crippen LogP contribution is 2.22. The third-order valence-electron chi connectivity index (χ3n) is 5.47. The molecule has 4 aromatic rings. The van der Waals surface area contributed by atoms with E-state index in [1.165, 1.54) is 0 Å². The molecule has 158 valence electrons.